The van der Waals surface area contributed by atoms with Gasteiger partial charge in [0, 0.05) is 5.39 Å². The molecule has 0 aliphatic heterocycles. The van der Waals surface area contributed by atoms with Crippen LogP contribution in [0.2, 0.25) is 0 Å². The van der Waals surface area contributed by atoms with E-state index < -0.39 is 5.97 Å². The second kappa shape index (κ2) is 2.34. The second-order valence-electron chi connectivity index (χ2n) is 2.41. The first-order valence-corrected chi connectivity index (χ1v) is 3.43. The number of carbonyl (C=O) groups is 1. The molecule has 60 valence electrons. The molecular formula is C8H5N2O2-. The number of hydrogen-bond donors (Lipinski definition) is 1. The summed E-state index contributed by atoms with van der Waals surface area (Å²) in [4.78, 5) is 10.5. The van der Waals surface area contributed by atoms with E-state index >= 15 is 0 Å². The molecule has 0 bridgehead atoms. The Kier molecular flexibility index (Phi) is 1.33. The first-order chi connectivity index (χ1) is 5.79. The number of aromatic carboxylic acids is 1. The highest BCUT2D eigenvalue weighted by atomic mass is 16.4. The molecule has 1 aromatic heterocycles. The maximum absolute atomic E-state index is 10.5. The lowest BCUT2D eigenvalue weighted by Crippen LogP contribution is -2.22. The van der Waals surface area contributed by atoms with Gasteiger partial charge in [-0.3, -0.25) is 5.10 Å². The highest BCUT2D eigenvalue weighted by Gasteiger charge is 2.03. The van der Waals surface area contributed by atoms with Crippen LogP contribution in [0.3, 0.4) is 0 Å². The van der Waals surface area contributed by atoms with E-state index in [2.05, 4.69) is 10.2 Å². The van der Waals surface area contributed by atoms with Crippen molar-refractivity contribution in [3.05, 3.63) is 30.0 Å². The molecular weight excluding hydrogens is 156 g/mol. The van der Waals surface area contributed by atoms with Gasteiger partial charge in [0.25, 0.3) is 0 Å². The number of nitrogens with one attached hydrogen (secondary N) is 1. The van der Waals surface area contributed by atoms with Crippen LogP contribution in [0.4, 0.5) is 0 Å². The number of aromatic amines is 1. The van der Waals surface area contributed by atoms with E-state index in [1.165, 1.54) is 0 Å². The van der Waals surface area contributed by atoms with E-state index in [-0.39, 0.29) is 5.69 Å². The average molecular weight is 161 g/mol. The lowest BCUT2D eigenvalue weighted by molar-refractivity contribution is -0.255. The van der Waals surface area contributed by atoms with Gasteiger partial charge in [-0.2, -0.15) is 5.10 Å². The molecule has 0 aliphatic carbocycles. The molecule has 12 heavy (non-hydrogen) atoms. The van der Waals surface area contributed by atoms with Crippen molar-refractivity contribution in [3.8, 4) is 0 Å². The number of rotatable bonds is 1. The van der Waals surface area contributed by atoms with Gasteiger partial charge in [-0.15, -0.1) is 0 Å². The Balaban J connectivity index is 2.79. The fourth-order valence-electron chi connectivity index (χ4n) is 1.12. The van der Waals surface area contributed by atoms with Crippen molar-refractivity contribution in [2.45, 2.75) is 0 Å². The molecule has 0 unspecified atom stereocenters. The molecule has 1 aromatic carbocycles. The van der Waals surface area contributed by atoms with Gasteiger partial charge < -0.3 is 9.90 Å². The van der Waals surface area contributed by atoms with Crippen molar-refractivity contribution in [1.29, 1.82) is 0 Å². The number of carboxylic acids is 1. The Hall–Kier alpha value is -1.84. The SMILES string of the molecule is O=C([O-])c1n[nH]c2ccccc12. The second-order valence-corrected chi connectivity index (χ2v) is 2.41. The maximum atomic E-state index is 10.5. The third-order valence-electron chi connectivity index (χ3n) is 1.66. The zero-order valence-corrected chi connectivity index (χ0v) is 6.07. The summed E-state index contributed by atoms with van der Waals surface area (Å²) < 4.78 is 0. The zero-order chi connectivity index (χ0) is 8.55. The number of carboxylic acid groups (broad SMARTS) is 1. The van der Waals surface area contributed by atoms with Crippen LogP contribution in [0.25, 0.3) is 10.9 Å². The summed E-state index contributed by atoms with van der Waals surface area (Å²) in [5.74, 6) is -1.26. The summed E-state index contributed by atoms with van der Waals surface area (Å²) in [7, 11) is 0. The van der Waals surface area contributed by atoms with E-state index in [1.54, 1.807) is 24.3 Å². The molecule has 0 aliphatic rings. The smallest absolute Gasteiger partial charge is 0.115 e. The molecule has 0 saturated carbocycles. The Morgan fingerprint density at radius 3 is 2.92 bits per heavy atom. The van der Waals surface area contributed by atoms with Crippen LogP contribution in [0.5, 0.6) is 0 Å². The monoisotopic (exact) mass is 161 g/mol. The van der Waals surface area contributed by atoms with E-state index in [4.69, 9.17) is 0 Å². The van der Waals surface area contributed by atoms with Gasteiger partial charge in [-0.05, 0) is 6.07 Å². The van der Waals surface area contributed by atoms with Crippen molar-refractivity contribution < 1.29 is 9.90 Å². The molecule has 0 atom stereocenters. The molecule has 0 saturated heterocycles. The Morgan fingerprint density at radius 2 is 2.17 bits per heavy atom. The number of benzene rings is 1. The average Bonchev–Trinajstić information content (AvgIpc) is 2.47. The van der Waals surface area contributed by atoms with E-state index in [9.17, 15) is 9.90 Å². The fraction of sp³-hybridized carbons (Fsp3) is 0. The van der Waals surface area contributed by atoms with Crippen molar-refractivity contribution in [2.24, 2.45) is 0 Å². The van der Waals surface area contributed by atoms with E-state index in [0.29, 0.717) is 10.9 Å². The van der Waals surface area contributed by atoms with Gasteiger partial charge in [0.15, 0.2) is 0 Å². The topological polar surface area (TPSA) is 68.8 Å². The number of fused-ring (bicyclic) bond motifs is 1. The van der Waals surface area contributed by atoms with Gasteiger partial charge in [-0.25, -0.2) is 0 Å². The first-order valence-electron chi connectivity index (χ1n) is 3.43. The molecule has 1 N–H and O–H groups in total. The number of aromatic nitrogens is 2. The van der Waals surface area contributed by atoms with Crippen LogP contribution in [-0.2, 0) is 0 Å². The number of carbonyl (C=O) groups excluding carboxylic acids is 1. The van der Waals surface area contributed by atoms with Crippen LogP contribution < -0.4 is 5.11 Å². The number of para-hydroxylation sites is 1. The molecule has 0 fully saturated rings. The predicted octanol–water partition coefficient (Wildman–Crippen LogP) is -0.0736. The zero-order valence-electron chi connectivity index (χ0n) is 6.07. The van der Waals surface area contributed by atoms with Gasteiger partial charge in [-0.1, -0.05) is 18.2 Å². The summed E-state index contributed by atoms with van der Waals surface area (Å²) in [5.41, 5.74) is 0.669. The summed E-state index contributed by atoms with van der Waals surface area (Å²) in [6, 6.07) is 7.00. The predicted molar refractivity (Wildman–Crippen MR) is 40.4 cm³/mol. The molecule has 1 heterocycles. The van der Waals surface area contributed by atoms with Crippen molar-refractivity contribution >= 4 is 16.9 Å². The largest absolute Gasteiger partial charge is 0.543 e. The van der Waals surface area contributed by atoms with Gasteiger partial charge in [0.05, 0.1) is 11.5 Å². The standard InChI is InChI=1S/C8H6N2O2/c11-8(12)7-5-3-1-2-4-6(5)9-10-7/h1-4H,(H,9,10)(H,11,12)/p-1. The van der Waals surface area contributed by atoms with E-state index in [1.807, 2.05) is 0 Å². The molecule has 4 nitrogen and oxygen atoms in total. The van der Waals surface area contributed by atoms with Crippen LogP contribution in [0.15, 0.2) is 24.3 Å². The molecule has 0 radical (unpaired) electrons. The van der Waals surface area contributed by atoms with Crippen LogP contribution >= 0.6 is 0 Å². The Bertz CT molecular complexity index is 433. The third kappa shape index (κ3) is 0.852. The summed E-state index contributed by atoms with van der Waals surface area (Å²) in [6.45, 7) is 0. The normalized spacial score (nSPS) is 10.3. The quantitative estimate of drug-likeness (QED) is 0.636. The van der Waals surface area contributed by atoms with Crippen molar-refractivity contribution in [2.75, 3.05) is 0 Å². The number of hydrogen-bond acceptors (Lipinski definition) is 3. The van der Waals surface area contributed by atoms with Crippen LogP contribution in [0.1, 0.15) is 10.5 Å². The minimum atomic E-state index is -1.26. The molecule has 4 heteroatoms. The fourth-order valence-corrected chi connectivity index (χ4v) is 1.12. The molecule has 0 amide bonds. The number of H-pyrrole nitrogens is 1. The Labute approximate surface area is 67.8 Å². The van der Waals surface area contributed by atoms with E-state index in [0.717, 1.165) is 0 Å². The van der Waals surface area contributed by atoms with Gasteiger partial charge in [0.2, 0.25) is 0 Å². The van der Waals surface area contributed by atoms with Crippen LogP contribution in [0, 0.1) is 0 Å². The highest BCUT2D eigenvalue weighted by molar-refractivity contribution is 5.99. The van der Waals surface area contributed by atoms with Crippen molar-refractivity contribution in [1.82, 2.24) is 10.2 Å². The van der Waals surface area contributed by atoms with Crippen molar-refractivity contribution in [3.63, 3.8) is 0 Å². The Morgan fingerprint density at radius 1 is 1.42 bits per heavy atom. The summed E-state index contributed by atoms with van der Waals surface area (Å²) in [6.07, 6.45) is 0. The summed E-state index contributed by atoms with van der Waals surface area (Å²) >= 11 is 0. The first kappa shape index (κ1) is 6.84. The van der Waals surface area contributed by atoms with Gasteiger partial charge >= 0.3 is 0 Å². The summed E-state index contributed by atoms with van der Waals surface area (Å²) in [5, 5.41) is 17.3. The minimum Gasteiger partial charge on any atom is -0.543 e. The third-order valence-corrected chi connectivity index (χ3v) is 1.66. The molecule has 2 rings (SSSR count). The maximum Gasteiger partial charge on any atom is 0.115 e. The number of nitrogens with zero attached hydrogens (tertiary/aromatic N) is 1. The minimum absolute atomic E-state index is 0.0365. The lowest BCUT2D eigenvalue weighted by Gasteiger charge is -1.95. The van der Waals surface area contributed by atoms with Crippen LogP contribution in [-0.4, -0.2) is 16.2 Å². The van der Waals surface area contributed by atoms with Gasteiger partial charge in [0.1, 0.15) is 5.69 Å². The highest BCUT2D eigenvalue weighted by Crippen LogP contribution is 2.13. The molecule has 2 aromatic rings. The molecule has 0 spiro atoms. The lowest BCUT2D eigenvalue weighted by atomic mass is 10.2.